The molecule has 0 heterocycles. The van der Waals surface area contributed by atoms with E-state index in [4.69, 9.17) is 15.6 Å². The van der Waals surface area contributed by atoms with Gasteiger partial charge in [0.25, 0.3) is 0 Å². The molecule has 0 aliphatic heterocycles. The second-order valence-corrected chi connectivity index (χ2v) is 3.69. The summed E-state index contributed by atoms with van der Waals surface area (Å²) in [6, 6.07) is 7.22. The maximum atomic E-state index is 10.5. The van der Waals surface area contributed by atoms with E-state index < -0.39 is 12.0 Å². The fourth-order valence-electron chi connectivity index (χ4n) is 1.46. The lowest BCUT2D eigenvalue weighted by Gasteiger charge is -2.10. The molecule has 4 nitrogen and oxygen atoms in total. The summed E-state index contributed by atoms with van der Waals surface area (Å²) in [6.45, 7) is 0.681. The van der Waals surface area contributed by atoms with Gasteiger partial charge in [0.2, 0.25) is 0 Å². The van der Waals surface area contributed by atoms with Gasteiger partial charge in [-0.2, -0.15) is 0 Å². The van der Waals surface area contributed by atoms with Crippen molar-refractivity contribution in [2.75, 3.05) is 13.7 Å². The average molecular weight is 223 g/mol. The number of hydrogen-bond donors (Lipinski definition) is 2. The molecule has 3 N–H and O–H groups in total. The molecule has 0 aliphatic rings. The maximum absolute atomic E-state index is 10.5. The van der Waals surface area contributed by atoms with E-state index in [-0.39, 0.29) is 6.42 Å². The summed E-state index contributed by atoms with van der Waals surface area (Å²) < 4.78 is 4.97. The standard InChI is InChI=1S/C12H17NO3/c1-16-7-6-9-2-4-10(5-3-9)11(13)8-12(14)15/h2-5,11H,6-8,13H2,1H3,(H,14,15). The van der Waals surface area contributed by atoms with E-state index in [0.717, 1.165) is 17.5 Å². The highest BCUT2D eigenvalue weighted by Gasteiger charge is 2.09. The largest absolute Gasteiger partial charge is 0.481 e. The maximum Gasteiger partial charge on any atom is 0.305 e. The van der Waals surface area contributed by atoms with Crippen molar-refractivity contribution in [3.63, 3.8) is 0 Å². The molecule has 0 fully saturated rings. The summed E-state index contributed by atoms with van der Waals surface area (Å²) in [6.07, 6.45) is 0.808. The Morgan fingerprint density at radius 2 is 2.06 bits per heavy atom. The number of rotatable bonds is 6. The molecule has 0 spiro atoms. The first-order valence-corrected chi connectivity index (χ1v) is 5.18. The minimum absolute atomic E-state index is 0.0442. The Balaban J connectivity index is 2.59. The molecule has 88 valence electrons. The molecular formula is C12H17NO3. The van der Waals surface area contributed by atoms with Crippen LogP contribution in [0.15, 0.2) is 24.3 Å². The zero-order chi connectivity index (χ0) is 12.0. The zero-order valence-corrected chi connectivity index (χ0v) is 9.35. The van der Waals surface area contributed by atoms with Crippen LogP contribution in [0.3, 0.4) is 0 Å². The van der Waals surface area contributed by atoms with Gasteiger partial charge in [0.05, 0.1) is 13.0 Å². The van der Waals surface area contributed by atoms with Gasteiger partial charge in [-0.15, -0.1) is 0 Å². The van der Waals surface area contributed by atoms with E-state index in [1.54, 1.807) is 7.11 Å². The van der Waals surface area contributed by atoms with Crippen LogP contribution in [0.2, 0.25) is 0 Å². The van der Waals surface area contributed by atoms with E-state index in [0.29, 0.717) is 6.61 Å². The van der Waals surface area contributed by atoms with Crippen LogP contribution in [0.4, 0.5) is 0 Å². The second-order valence-electron chi connectivity index (χ2n) is 3.69. The van der Waals surface area contributed by atoms with Gasteiger partial charge in [-0.05, 0) is 17.5 Å². The molecular weight excluding hydrogens is 206 g/mol. The molecule has 1 aromatic carbocycles. The summed E-state index contributed by atoms with van der Waals surface area (Å²) in [4.78, 5) is 10.5. The van der Waals surface area contributed by atoms with Crippen LogP contribution in [-0.2, 0) is 16.0 Å². The molecule has 1 atom stereocenters. The Bertz CT molecular complexity index is 335. The molecule has 1 rings (SSSR count). The average Bonchev–Trinajstić information content (AvgIpc) is 2.26. The van der Waals surface area contributed by atoms with Gasteiger partial charge in [-0.1, -0.05) is 24.3 Å². The molecule has 0 saturated carbocycles. The van der Waals surface area contributed by atoms with Gasteiger partial charge in [0, 0.05) is 13.2 Å². The van der Waals surface area contributed by atoms with Crippen LogP contribution >= 0.6 is 0 Å². The van der Waals surface area contributed by atoms with Crippen molar-refractivity contribution in [2.24, 2.45) is 5.73 Å². The second kappa shape index (κ2) is 6.25. The number of carboxylic acids is 1. The third kappa shape index (κ3) is 4.00. The molecule has 1 aromatic rings. The van der Waals surface area contributed by atoms with Crippen molar-refractivity contribution in [3.05, 3.63) is 35.4 Å². The van der Waals surface area contributed by atoms with E-state index in [9.17, 15) is 4.79 Å². The predicted molar refractivity (Wildman–Crippen MR) is 61.2 cm³/mol. The molecule has 4 heteroatoms. The van der Waals surface area contributed by atoms with Gasteiger partial charge >= 0.3 is 5.97 Å². The van der Waals surface area contributed by atoms with Crippen LogP contribution in [0.25, 0.3) is 0 Å². The van der Waals surface area contributed by atoms with Crippen molar-refractivity contribution in [3.8, 4) is 0 Å². The van der Waals surface area contributed by atoms with Crippen molar-refractivity contribution < 1.29 is 14.6 Å². The highest BCUT2D eigenvalue weighted by molar-refractivity contribution is 5.67. The van der Waals surface area contributed by atoms with E-state index in [2.05, 4.69) is 0 Å². The SMILES string of the molecule is COCCc1ccc(C(N)CC(=O)O)cc1. The van der Waals surface area contributed by atoms with Crippen LogP contribution in [0.5, 0.6) is 0 Å². The minimum Gasteiger partial charge on any atom is -0.481 e. The number of hydrogen-bond acceptors (Lipinski definition) is 3. The fourth-order valence-corrected chi connectivity index (χ4v) is 1.46. The van der Waals surface area contributed by atoms with E-state index in [1.807, 2.05) is 24.3 Å². The lowest BCUT2D eigenvalue weighted by atomic mass is 10.0. The molecule has 0 amide bonds. The monoisotopic (exact) mass is 223 g/mol. The van der Waals surface area contributed by atoms with E-state index in [1.165, 1.54) is 0 Å². The number of carboxylic acid groups (broad SMARTS) is 1. The summed E-state index contributed by atoms with van der Waals surface area (Å²) >= 11 is 0. The Labute approximate surface area is 95.0 Å². The highest BCUT2D eigenvalue weighted by Crippen LogP contribution is 2.15. The molecule has 16 heavy (non-hydrogen) atoms. The van der Waals surface area contributed by atoms with Crippen molar-refractivity contribution in [1.29, 1.82) is 0 Å². The summed E-state index contributed by atoms with van der Waals surface area (Å²) in [5.41, 5.74) is 7.75. The normalized spacial score (nSPS) is 12.4. The molecule has 0 saturated heterocycles. The fraction of sp³-hybridized carbons (Fsp3) is 0.417. The van der Waals surface area contributed by atoms with Crippen molar-refractivity contribution in [1.82, 2.24) is 0 Å². The lowest BCUT2D eigenvalue weighted by molar-refractivity contribution is -0.137. The van der Waals surface area contributed by atoms with Crippen molar-refractivity contribution in [2.45, 2.75) is 18.9 Å². The quantitative estimate of drug-likeness (QED) is 0.763. The van der Waals surface area contributed by atoms with Gasteiger partial charge in [0.15, 0.2) is 0 Å². The summed E-state index contributed by atoms with van der Waals surface area (Å²) in [5, 5.41) is 8.62. The van der Waals surface area contributed by atoms with Crippen LogP contribution in [-0.4, -0.2) is 24.8 Å². The van der Waals surface area contributed by atoms with Crippen molar-refractivity contribution >= 4 is 5.97 Å². The molecule has 0 aliphatic carbocycles. The first-order chi connectivity index (χ1) is 7.63. The third-order valence-electron chi connectivity index (χ3n) is 2.40. The Morgan fingerprint density at radius 1 is 1.44 bits per heavy atom. The minimum atomic E-state index is -0.879. The topological polar surface area (TPSA) is 72.5 Å². The molecule has 0 bridgehead atoms. The van der Waals surface area contributed by atoms with Gasteiger partial charge < -0.3 is 15.6 Å². The zero-order valence-electron chi connectivity index (χ0n) is 9.35. The number of nitrogens with two attached hydrogens (primary N) is 1. The van der Waals surface area contributed by atoms with Crippen LogP contribution in [0.1, 0.15) is 23.6 Å². The van der Waals surface area contributed by atoms with Gasteiger partial charge in [0.1, 0.15) is 0 Å². The number of methoxy groups -OCH3 is 1. The summed E-state index contributed by atoms with van der Waals surface area (Å²) in [5.74, 6) is -0.879. The lowest BCUT2D eigenvalue weighted by Crippen LogP contribution is -2.14. The molecule has 1 unspecified atom stereocenters. The first kappa shape index (κ1) is 12.7. The van der Waals surface area contributed by atoms with E-state index >= 15 is 0 Å². The number of benzene rings is 1. The highest BCUT2D eigenvalue weighted by atomic mass is 16.5. The van der Waals surface area contributed by atoms with Crippen LogP contribution in [0, 0.1) is 0 Å². The third-order valence-corrected chi connectivity index (χ3v) is 2.40. The Morgan fingerprint density at radius 3 is 2.56 bits per heavy atom. The Hall–Kier alpha value is -1.39. The molecule has 0 aromatic heterocycles. The van der Waals surface area contributed by atoms with Gasteiger partial charge in [-0.25, -0.2) is 0 Å². The summed E-state index contributed by atoms with van der Waals surface area (Å²) in [7, 11) is 1.66. The smallest absolute Gasteiger partial charge is 0.305 e. The predicted octanol–water partition coefficient (Wildman–Crippen LogP) is 1.35. The van der Waals surface area contributed by atoms with Crippen LogP contribution < -0.4 is 5.73 Å². The first-order valence-electron chi connectivity index (χ1n) is 5.18. The number of aliphatic carboxylic acids is 1. The van der Waals surface area contributed by atoms with Gasteiger partial charge in [-0.3, -0.25) is 4.79 Å². The number of ether oxygens (including phenoxy) is 1. The number of carbonyl (C=O) groups is 1. The molecule has 0 radical (unpaired) electrons. The Kier molecular flexibility index (Phi) is 4.95.